The molecule has 0 spiro atoms. The van der Waals surface area contributed by atoms with Crippen LogP contribution in [-0.2, 0) is 4.74 Å². The van der Waals surface area contributed by atoms with Crippen LogP contribution in [0, 0.1) is 19.8 Å². The Kier molecular flexibility index (Phi) is 11.7. The molecule has 0 amide bonds. The average molecular weight is 409 g/mol. The molecular weight excluding hydrogens is 368 g/mol. The lowest BCUT2D eigenvalue weighted by molar-refractivity contribution is 0.0826. The molecule has 30 heavy (non-hydrogen) atoms. The summed E-state index contributed by atoms with van der Waals surface area (Å²) in [5, 5.41) is 8.50. The minimum absolute atomic E-state index is 0.307. The first-order chi connectivity index (χ1) is 14.2. The number of ether oxygens (including phenoxy) is 1. The summed E-state index contributed by atoms with van der Waals surface area (Å²) in [6.45, 7) is 18.1. The third-order valence-electron chi connectivity index (χ3n) is 5.01. The molecule has 0 radical (unpaired) electrons. The fraction of sp³-hybridized carbons (Fsp3) is 0.481. The number of hydrogen-bond acceptors (Lipinski definition) is 3. The van der Waals surface area contributed by atoms with Crippen molar-refractivity contribution in [2.45, 2.75) is 80.3 Å². The zero-order valence-corrected chi connectivity index (χ0v) is 20.0. The molecule has 1 aliphatic carbocycles. The largest absolute Gasteiger partial charge is 0.491 e. The Hall–Kier alpha value is -2.42. The Bertz CT molecular complexity index is 749. The van der Waals surface area contributed by atoms with Crippen molar-refractivity contribution in [3.63, 3.8) is 0 Å². The van der Waals surface area contributed by atoms with Gasteiger partial charge in [0.15, 0.2) is 0 Å². The van der Waals surface area contributed by atoms with Gasteiger partial charge in [0, 0.05) is 11.4 Å². The van der Waals surface area contributed by atoms with Gasteiger partial charge in [0.1, 0.15) is 5.76 Å². The minimum atomic E-state index is 0.307. The van der Waals surface area contributed by atoms with Crippen LogP contribution >= 0.6 is 0 Å². The monoisotopic (exact) mass is 408 g/mol. The van der Waals surface area contributed by atoms with E-state index >= 15 is 0 Å². The second kappa shape index (κ2) is 13.7. The van der Waals surface area contributed by atoms with E-state index in [1.165, 1.54) is 11.1 Å². The van der Waals surface area contributed by atoms with E-state index in [4.69, 9.17) is 4.74 Å². The zero-order chi connectivity index (χ0) is 22.5. The fourth-order valence-electron chi connectivity index (χ4n) is 3.12. The van der Waals surface area contributed by atoms with Gasteiger partial charge in [-0.15, -0.1) is 0 Å². The van der Waals surface area contributed by atoms with Gasteiger partial charge in [-0.3, -0.25) is 0 Å². The lowest BCUT2D eigenvalue weighted by atomic mass is 9.84. The van der Waals surface area contributed by atoms with Crippen LogP contribution in [0.1, 0.15) is 71.4 Å². The third kappa shape index (κ3) is 10.9. The highest BCUT2D eigenvalue weighted by molar-refractivity contribution is 5.86. The SMILES string of the molecule is C=C(C)/C=C\C(=C/C)OC1CCC(/C(C)=N/N=C(C)C)CC1.Cc1ccc(C)cc1. The molecule has 164 valence electrons. The van der Waals surface area contributed by atoms with Gasteiger partial charge in [0.2, 0.25) is 0 Å². The number of aryl methyl sites for hydroxylation is 2. The van der Waals surface area contributed by atoms with Crippen LogP contribution in [0.3, 0.4) is 0 Å². The molecule has 0 heterocycles. The second-order valence-electron chi connectivity index (χ2n) is 8.41. The predicted molar refractivity (Wildman–Crippen MR) is 132 cm³/mol. The molecule has 0 bridgehead atoms. The Morgan fingerprint density at radius 3 is 1.87 bits per heavy atom. The molecule has 2 rings (SSSR count). The maximum absolute atomic E-state index is 6.08. The van der Waals surface area contributed by atoms with Crippen molar-refractivity contribution in [3.8, 4) is 0 Å². The summed E-state index contributed by atoms with van der Waals surface area (Å²) in [6.07, 6.45) is 10.7. The lowest BCUT2D eigenvalue weighted by Crippen LogP contribution is -2.24. The first-order valence-corrected chi connectivity index (χ1v) is 11.0. The normalized spacial score (nSPS) is 19.7. The summed E-state index contributed by atoms with van der Waals surface area (Å²) in [7, 11) is 0. The van der Waals surface area contributed by atoms with Crippen molar-refractivity contribution in [3.05, 3.63) is 71.5 Å². The second-order valence-corrected chi connectivity index (χ2v) is 8.41. The van der Waals surface area contributed by atoms with Crippen LogP contribution in [0.25, 0.3) is 0 Å². The van der Waals surface area contributed by atoms with Gasteiger partial charge in [-0.25, -0.2) is 0 Å². The minimum Gasteiger partial charge on any atom is -0.491 e. The van der Waals surface area contributed by atoms with Crippen LogP contribution in [0.4, 0.5) is 0 Å². The summed E-state index contributed by atoms with van der Waals surface area (Å²) in [5.41, 5.74) is 5.84. The standard InChI is InChI=1S/C19H30N2O.C8H10/c1-7-18(11-8-14(2)3)22-19-12-9-17(10-13-19)16(6)21-20-15(4)5;1-7-3-5-8(2)6-4-7/h7-8,11,17,19H,2,9-10,12-13H2,1,3-6H3;3-6H,1-2H3/b11-8-,18-7+,21-16+;. The molecule has 1 fully saturated rings. The van der Waals surface area contributed by atoms with E-state index in [9.17, 15) is 0 Å². The van der Waals surface area contributed by atoms with Gasteiger partial charge in [-0.05, 0) is 92.2 Å². The molecule has 3 nitrogen and oxygen atoms in total. The van der Waals surface area contributed by atoms with Gasteiger partial charge in [-0.2, -0.15) is 10.2 Å². The van der Waals surface area contributed by atoms with E-state index in [0.29, 0.717) is 12.0 Å². The Labute approximate surface area is 184 Å². The number of allylic oxidation sites excluding steroid dienone is 4. The van der Waals surface area contributed by atoms with Gasteiger partial charge in [0.25, 0.3) is 0 Å². The summed E-state index contributed by atoms with van der Waals surface area (Å²) >= 11 is 0. The molecule has 0 aromatic heterocycles. The average Bonchev–Trinajstić information content (AvgIpc) is 2.72. The third-order valence-corrected chi connectivity index (χ3v) is 5.01. The van der Waals surface area contributed by atoms with Crippen molar-refractivity contribution in [2.75, 3.05) is 0 Å². The molecule has 0 aliphatic heterocycles. The van der Waals surface area contributed by atoms with E-state index in [2.05, 4.69) is 61.8 Å². The van der Waals surface area contributed by atoms with Gasteiger partial charge >= 0.3 is 0 Å². The molecule has 1 aromatic carbocycles. The van der Waals surface area contributed by atoms with Crippen LogP contribution in [-0.4, -0.2) is 17.5 Å². The van der Waals surface area contributed by atoms with Crippen LogP contribution in [0.5, 0.6) is 0 Å². The molecule has 0 atom stereocenters. The fourth-order valence-corrected chi connectivity index (χ4v) is 3.12. The summed E-state index contributed by atoms with van der Waals surface area (Å²) < 4.78 is 6.08. The highest BCUT2D eigenvalue weighted by atomic mass is 16.5. The zero-order valence-electron chi connectivity index (χ0n) is 20.0. The highest BCUT2D eigenvalue weighted by Gasteiger charge is 2.24. The van der Waals surface area contributed by atoms with Crippen molar-refractivity contribution >= 4 is 11.4 Å². The summed E-state index contributed by atoms with van der Waals surface area (Å²) in [4.78, 5) is 0. The lowest BCUT2D eigenvalue weighted by Gasteiger charge is -2.29. The summed E-state index contributed by atoms with van der Waals surface area (Å²) in [6, 6.07) is 8.48. The molecule has 1 aromatic rings. The Morgan fingerprint density at radius 2 is 1.43 bits per heavy atom. The maximum atomic E-state index is 6.08. The van der Waals surface area contributed by atoms with E-state index in [1.807, 2.05) is 45.9 Å². The van der Waals surface area contributed by atoms with Crippen LogP contribution in [0.2, 0.25) is 0 Å². The molecule has 0 saturated heterocycles. The van der Waals surface area contributed by atoms with Crippen molar-refractivity contribution in [1.29, 1.82) is 0 Å². The van der Waals surface area contributed by atoms with Crippen molar-refractivity contribution < 1.29 is 4.74 Å². The molecule has 3 heteroatoms. The Morgan fingerprint density at radius 1 is 0.900 bits per heavy atom. The molecule has 1 aliphatic rings. The molecule has 0 unspecified atom stereocenters. The predicted octanol–water partition coefficient (Wildman–Crippen LogP) is 7.76. The van der Waals surface area contributed by atoms with Gasteiger partial charge in [0.05, 0.1) is 6.10 Å². The quantitative estimate of drug-likeness (QED) is 0.205. The number of rotatable bonds is 6. The van der Waals surface area contributed by atoms with Crippen LogP contribution < -0.4 is 0 Å². The van der Waals surface area contributed by atoms with Gasteiger partial charge in [-0.1, -0.05) is 53.6 Å². The van der Waals surface area contributed by atoms with E-state index in [0.717, 1.165) is 48.4 Å². The maximum Gasteiger partial charge on any atom is 0.115 e. The Balaban J connectivity index is 0.000000467. The summed E-state index contributed by atoms with van der Waals surface area (Å²) in [5.74, 6) is 1.48. The van der Waals surface area contributed by atoms with E-state index < -0.39 is 0 Å². The van der Waals surface area contributed by atoms with E-state index in [-0.39, 0.29) is 0 Å². The first-order valence-electron chi connectivity index (χ1n) is 11.0. The number of hydrogen-bond donors (Lipinski definition) is 0. The number of benzene rings is 1. The molecule has 1 saturated carbocycles. The van der Waals surface area contributed by atoms with Crippen LogP contribution in [0.15, 0.2) is 70.6 Å². The van der Waals surface area contributed by atoms with Crippen molar-refractivity contribution in [1.82, 2.24) is 0 Å². The van der Waals surface area contributed by atoms with Gasteiger partial charge < -0.3 is 4.74 Å². The van der Waals surface area contributed by atoms with Crippen molar-refractivity contribution in [2.24, 2.45) is 16.1 Å². The first kappa shape index (κ1) is 25.6. The molecular formula is C27H40N2O. The smallest absolute Gasteiger partial charge is 0.115 e. The number of nitrogens with zero attached hydrogens (tertiary/aromatic N) is 2. The van der Waals surface area contributed by atoms with E-state index in [1.54, 1.807) is 0 Å². The molecule has 0 N–H and O–H groups in total. The topological polar surface area (TPSA) is 34.0 Å². The highest BCUT2D eigenvalue weighted by Crippen LogP contribution is 2.29.